The predicted molar refractivity (Wildman–Crippen MR) is 90.8 cm³/mol. The van der Waals surface area contributed by atoms with Gasteiger partial charge in [0.25, 0.3) is 0 Å². The van der Waals surface area contributed by atoms with Crippen LogP contribution in [0.25, 0.3) is 0 Å². The number of amides is 1. The maximum absolute atomic E-state index is 12.7. The van der Waals surface area contributed by atoms with Crippen LogP contribution in [0.3, 0.4) is 0 Å². The average molecular weight is 317 g/mol. The summed E-state index contributed by atoms with van der Waals surface area (Å²) >= 11 is 1.52. The van der Waals surface area contributed by atoms with Gasteiger partial charge in [-0.1, -0.05) is 42.1 Å². The second-order valence-corrected chi connectivity index (χ2v) is 6.40. The maximum atomic E-state index is 12.7. The molecular formula is C17H23N3OS. The van der Waals surface area contributed by atoms with Crippen LogP contribution in [0.2, 0.25) is 0 Å². The van der Waals surface area contributed by atoms with Crippen molar-refractivity contribution in [1.82, 2.24) is 14.5 Å². The van der Waals surface area contributed by atoms with Gasteiger partial charge in [0.1, 0.15) is 0 Å². The molecule has 4 nitrogen and oxygen atoms in total. The van der Waals surface area contributed by atoms with Gasteiger partial charge >= 0.3 is 0 Å². The molecule has 0 bridgehead atoms. The van der Waals surface area contributed by atoms with E-state index in [1.165, 1.54) is 11.8 Å². The highest BCUT2D eigenvalue weighted by Gasteiger charge is 2.22. The van der Waals surface area contributed by atoms with E-state index < -0.39 is 0 Å². The van der Waals surface area contributed by atoms with Gasteiger partial charge in [-0.25, -0.2) is 4.98 Å². The third-order valence-corrected chi connectivity index (χ3v) is 4.66. The molecule has 0 saturated heterocycles. The molecule has 1 aromatic heterocycles. The molecule has 22 heavy (non-hydrogen) atoms. The lowest BCUT2D eigenvalue weighted by Gasteiger charge is -2.24. The van der Waals surface area contributed by atoms with Crippen molar-refractivity contribution in [1.29, 1.82) is 0 Å². The van der Waals surface area contributed by atoms with Crippen LogP contribution in [0.15, 0.2) is 47.9 Å². The zero-order valence-electron chi connectivity index (χ0n) is 13.4. The molecular weight excluding hydrogens is 294 g/mol. The molecule has 0 radical (unpaired) electrons. The Morgan fingerprint density at radius 3 is 2.68 bits per heavy atom. The first-order valence-corrected chi connectivity index (χ1v) is 8.54. The molecule has 1 heterocycles. The largest absolute Gasteiger partial charge is 0.338 e. The van der Waals surface area contributed by atoms with Crippen molar-refractivity contribution in [2.45, 2.75) is 44.3 Å². The third-order valence-electron chi connectivity index (χ3n) is 3.56. The summed E-state index contributed by atoms with van der Waals surface area (Å²) in [5.41, 5.74) is 1.16. The van der Waals surface area contributed by atoms with E-state index in [2.05, 4.69) is 28.6 Å². The lowest BCUT2D eigenvalue weighted by molar-refractivity contribution is -0.130. The van der Waals surface area contributed by atoms with E-state index in [0.717, 1.165) is 17.3 Å². The first-order valence-electron chi connectivity index (χ1n) is 7.66. The van der Waals surface area contributed by atoms with Gasteiger partial charge < -0.3 is 9.47 Å². The van der Waals surface area contributed by atoms with E-state index in [4.69, 9.17) is 0 Å². The number of carbonyl (C=O) groups excluding carboxylic acids is 1. The van der Waals surface area contributed by atoms with Gasteiger partial charge in [0.15, 0.2) is 5.16 Å². The molecule has 0 spiro atoms. The van der Waals surface area contributed by atoms with E-state index >= 15 is 0 Å². The summed E-state index contributed by atoms with van der Waals surface area (Å²) in [5, 5.41) is 0.760. The minimum atomic E-state index is -0.142. The number of hydrogen-bond acceptors (Lipinski definition) is 3. The highest BCUT2D eigenvalue weighted by atomic mass is 32.2. The van der Waals surface area contributed by atoms with Crippen molar-refractivity contribution < 1.29 is 4.79 Å². The summed E-state index contributed by atoms with van der Waals surface area (Å²) in [7, 11) is 0. The molecule has 2 rings (SSSR count). The fourth-order valence-electron chi connectivity index (χ4n) is 2.27. The lowest BCUT2D eigenvalue weighted by Crippen LogP contribution is -2.36. The molecule has 0 aliphatic rings. The normalized spacial score (nSPS) is 12.1. The molecule has 0 aliphatic carbocycles. The number of rotatable bonds is 7. The fourth-order valence-corrected chi connectivity index (χ4v) is 3.28. The highest BCUT2D eigenvalue weighted by molar-refractivity contribution is 8.00. The smallest absolute Gasteiger partial charge is 0.236 e. The molecule has 5 heteroatoms. The second-order valence-electron chi connectivity index (χ2n) is 5.09. The Hall–Kier alpha value is -1.75. The van der Waals surface area contributed by atoms with E-state index in [1.54, 1.807) is 6.20 Å². The van der Waals surface area contributed by atoms with Crippen LogP contribution in [0.4, 0.5) is 0 Å². The summed E-state index contributed by atoms with van der Waals surface area (Å²) < 4.78 is 2.06. The number of thioether (sulfide) groups is 1. The van der Waals surface area contributed by atoms with Crippen LogP contribution >= 0.6 is 11.8 Å². The first kappa shape index (κ1) is 16.6. The van der Waals surface area contributed by atoms with Gasteiger partial charge in [0.05, 0.1) is 5.25 Å². The van der Waals surface area contributed by atoms with Crippen molar-refractivity contribution in [3.63, 3.8) is 0 Å². The molecule has 118 valence electrons. The van der Waals surface area contributed by atoms with Gasteiger partial charge in [0, 0.05) is 32.0 Å². The Kier molecular flexibility index (Phi) is 6.07. The Labute approximate surface area is 136 Å². The molecule has 1 unspecified atom stereocenters. The number of nitrogens with zero attached hydrogens (tertiary/aromatic N) is 3. The second kappa shape index (κ2) is 8.03. The van der Waals surface area contributed by atoms with Crippen molar-refractivity contribution in [3.05, 3.63) is 48.3 Å². The van der Waals surface area contributed by atoms with Gasteiger partial charge in [-0.05, 0) is 26.3 Å². The Morgan fingerprint density at radius 2 is 2.05 bits per heavy atom. The minimum Gasteiger partial charge on any atom is -0.338 e. The zero-order valence-corrected chi connectivity index (χ0v) is 14.2. The lowest BCUT2D eigenvalue weighted by atomic mass is 10.2. The monoisotopic (exact) mass is 317 g/mol. The van der Waals surface area contributed by atoms with E-state index in [1.807, 2.05) is 43.1 Å². The molecule has 1 atom stereocenters. The fraction of sp³-hybridized carbons (Fsp3) is 0.412. The topological polar surface area (TPSA) is 38.1 Å². The number of aromatic nitrogens is 2. The molecule has 0 saturated carbocycles. The molecule has 0 aliphatic heterocycles. The Balaban J connectivity index is 2.01. The highest BCUT2D eigenvalue weighted by Crippen LogP contribution is 2.23. The third kappa shape index (κ3) is 4.13. The standard InChI is InChI=1S/C17H23N3OS/c1-4-19-12-11-18-17(19)22-14(3)16(21)20(5-2)13-15-9-7-6-8-10-15/h6-12,14H,4-5,13H2,1-3H3. The minimum absolute atomic E-state index is 0.142. The summed E-state index contributed by atoms with van der Waals surface area (Å²) in [5.74, 6) is 0.155. The summed E-state index contributed by atoms with van der Waals surface area (Å²) in [6, 6.07) is 10.1. The van der Waals surface area contributed by atoms with Gasteiger partial charge in [0.2, 0.25) is 5.91 Å². The van der Waals surface area contributed by atoms with Gasteiger partial charge in [-0.15, -0.1) is 0 Å². The molecule has 0 N–H and O–H groups in total. The predicted octanol–water partition coefficient (Wildman–Crippen LogP) is 3.43. The van der Waals surface area contributed by atoms with E-state index in [0.29, 0.717) is 13.1 Å². The molecule has 0 fully saturated rings. The average Bonchev–Trinajstić information content (AvgIpc) is 3.00. The van der Waals surface area contributed by atoms with Crippen LogP contribution in [-0.4, -0.2) is 32.2 Å². The molecule has 1 amide bonds. The van der Waals surface area contributed by atoms with Crippen molar-refractivity contribution >= 4 is 17.7 Å². The Morgan fingerprint density at radius 1 is 1.32 bits per heavy atom. The zero-order chi connectivity index (χ0) is 15.9. The van der Waals surface area contributed by atoms with Crippen LogP contribution in [-0.2, 0) is 17.9 Å². The van der Waals surface area contributed by atoms with Crippen LogP contribution in [0.5, 0.6) is 0 Å². The number of imidazole rings is 1. The van der Waals surface area contributed by atoms with Crippen molar-refractivity contribution in [2.75, 3.05) is 6.54 Å². The SMILES string of the molecule is CCN(Cc1ccccc1)C(=O)C(C)Sc1nccn1CC. The van der Waals surface area contributed by atoms with Crippen LogP contribution in [0, 0.1) is 0 Å². The summed E-state index contributed by atoms with van der Waals surface area (Å²) in [6.07, 6.45) is 3.73. The van der Waals surface area contributed by atoms with Crippen LogP contribution in [0.1, 0.15) is 26.3 Å². The number of benzene rings is 1. The van der Waals surface area contributed by atoms with Crippen molar-refractivity contribution in [3.8, 4) is 0 Å². The van der Waals surface area contributed by atoms with Gasteiger partial charge in [-0.2, -0.15) is 0 Å². The quantitative estimate of drug-likeness (QED) is 0.734. The molecule has 1 aromatic carbocycles. The maximum Gasteiger partial charge on any atom is 0.236 e. The van der Waals surface area contributed by atoms with Crippen LogP contribution < -0.4 is 0 Å². The van der Waals surface area contributed by atoms with E-state index in [9.17, 15) is 4.79 Å². The Bertz CT molecular complexity index is 597. The van der Waals surface area contributed by atoms with E-state index in [-0.39, 0.29) is 11.2 Å². The molecule has 2 aromatic rings. The number of hydrogen-bond donors (Lipinski definition) is 0. The van der Waals surface area contributed by atoms with Crippen molar-refractivity contribution in [2.24, 2.45) is 0 Å². The summed E-state index contributed by atoms with van der Waals surface area (Å²) in [6.45, 7) is 8.28. The number of aryl methyl sites for hydroxylation is 1. The number of carbonyl (C=O) groups is 1. The summed E-state index contributed by atoms with van der Waals surface area (Å²) in [4.78, 5) is 18.9. The first-order chi connectivity index (χ1) is 10.7. The van der Waals surface area contributed by atoms with Gasteiger partial charge in [-0.3, -0.25) is 4.79 Å².